The summed E-state index contributed by atoms with van der Waals surface area (Å²) in [5, 5.41) is 0. The van der Waals surface area contributed by atoms with Gasteiger partial charge in [0.15, 0.2) is 6.29 Å². The average Bonchev–Trinajstić information content (AvgIpc) is 2.40. The second kappa shape index (κ2) is 10.3. The van der Waals surface area contributed by atoms with Crippen molar-refractivity contribution in [3.05, 3.63) is 40.5 Å². The summed E-state index contributed by atoms with van der Waals surface area (Å²) in [6.45, 7) is 4.16. The number of unbranched alkanes of at least 4 members (excludes halogenated alkanes) is 2. The van der Waals surface area contributed by atoms with Crippen LogP contribution in [0.5, 0.6) is 5.75 Å². The first-order chi connectivity index (χ1) is 9.26. The summed E-state index contributed by atoms with van der Waals surface area (Å²) in [5.41, 5.74) is 0. The maximum atomic E-state index is 5.93. The minimum Gasteiger partial charge on any atom is -0.465 e. The van der Waals surface area contributed by atoms with E-state index in [1.54, 1.807) is 0 Å². The lowest BCUT2D eigenvalue weighted by molar-refractivity contribution is -0.0940. The van der Waals surface area contributed by atoms with Gasteiger partial charge in [-0.1, -0.05) is 67.0 Å². The number of halogens is 1. The molecular formula is C16H23IO2. The van der Waals surface area contributed by atoms with Crippen molar-refractivity contribution < 1.29 is 9.47 Å². The summed E-state index contributed by atoms with van der Waals surface area (Å²) < 4.78 is 13.7. The lowest BCUT2D eigenvalue weighted by Crippen LogP contribution is -2.23. The van der Waals surface area contributed by atoms with Gasteiger partial charge in [0.25, 0.3) is 0 Å². The van der Waals surface area contributed by atoms with E-state index in [4.69, 9.17) is 9.47 Å². The zero-order valence-corrected chi connectivity index (χ0v) is 13.9. The van der Waals surface area contributed by atoms with Gasteiger partial charge < -0.3 is 9.47 Å². The van der Waals surface area contributed by atoms with Crippen molar-refractivity contribution in [1.29, 1.82) is 0 Å². The molecule has 2 unspecified atom stereocenters. The number of hydrogen-bond acceptors (Lipinski definition) is 2. The quantitative estimate of drug-likeness (QED) is 0.331. The van der Waals surface area contributed by atoms with E-state index in [9.17, 15) is 0 Å². The highest BCUT2D eigenvalue weighted by atomic mass is 127. The fourth-order valence-corrected chi connectivity index (χ4v) is 2.31. The van der Waals surface area contributed by atoms with E-state index >= 15 is 0 Å². The van der Waals surface area contributed by atoms with Crippen molar-refractivity contribution in [3.8, 4) is 5.75 Å². The number of benzene rings is 1. The van der Waals surface area contributed by atoms with Crippen molar-refractivity contribution in [2.24, 2.45) is 0 Å². The van der Waals surface area contributed by atoms with E-state index in [0.717, 1.165) is 12.2 Å². The molecule has 0 bridgehead atoms. The molecule has 0 amide bonds. The van der Waals surface area contributed by atoms with Crippen LogP contribution in [0.3, 0.4) is 0 Å². The minimum atomic E-state index is -0.235. The van der Waals surface area contributed by atoms with E-state index in [1.807, 2.05) is 41.3 Å². The van der Waals surface area contributed by atoms with Gasteiger partial charge in [-0.3, -0.25) is 0 Å². The third-order valence-corrected chi connectivity index (χ3v) is 3.21. The standard InChI is InChI=1S/C16H23IO2/c1-3-4-6-9-16(12-13-17)19-14(2)18-15-10-7-5-8-11-15/h5,7-8,10-14,16H,3-4,6,9H2,1-2H3/b13-12-. The van der Waals surface area contributed by atoms with Crippen molar-refractivity contribution in [3.63, 3.8) is 0 Å². The van der Waals surface area contributed by atoms with Crippen LogP contribution in [0.2, 0.25) is 0 Å². The van der Waals surface area contributed by atoms with Gasteiger partial charge in [-0.25, -0.2) is 0 Å². The molecule has 0 aromatic heterocycles. The molecule has 19 heavy (non-hydrogen) atoms. The van der Waals surface area contributed by atoms with Crippen LogP contribution in [-0.2, 0) is 4.74 Å². The Labute approximate surface area is 130 Å². The first kappa shape index (κ1) is 16.5. The number of hydrogen-bond donors (Lipinski definition) is 0. The van der Waals surface area contributed by atoms with Crippen molar-refractivity contribution in [1.82, 2.24) is 0 Å². The van der Waals surface area contributed by atoms with Gasteiger partial charge in [-0.15, -0.1) is 0 Å². The van der Waals surface area contributed by atoms with Gasteiger partial charge in [0.1, 0.15) is 5.75 Å². The van der Waals surface area contributed by atoms with E-state index in [2.05, 4.69) is 35.6 Å². The SMILES string of the molecule is CCCCCC(/C=C\I)OC(C)Oc1ccccc1. The molecule has 0 aliphatic rings. The van der Waals surface area contributed by atoms with Crippen LogP contribution >= 0.6 is 22.6 Å². The van der Waals surface area contributed by atoms with E-state index in [1.165, 1.54) is 19.3 Å². The van der Waals surface area contributed by atoms with Gasteiger partial charge in [0, 0.05) is 0 Å². The molecular weight excluding hydrogens is 351 g/mol. The Hall–Kier alpha value is -0.550. The Morgan fingerprint density at radius 3 is 2.58 bits per heavy atom. The van der Waals surface area contributed by atoms with Crippen molar-refractivity contribution in [2.45, 2.75) is 51.9 Å². The molecule has 2 atom stereocenters. The Morgan fingerprint density at radius 2 is 1.95 bits per heavy atom. The number of rotatable bonds is 9. The molecule has 106 valence electrons. The molecule has 0 N–H and O–H groups in total. The summed E-state index contributed by atoms with van der Waals surface area (Å²) in [7, 11) is 0. The topological polar surface area (TPSA) is 18.5 Å². The zero-order valence-electron chi connectivity index (χ0n) is 11.7. The van der Waals surface area contributed by atoms with Crippen LogP contribution < -0.4 is 4.74 Å². The molecule has 0 aliphatic heterocycles. The molecule has 3 heteroatoms. The summed E-state index contributed by atoms with van der Waals surface area (Å²) in [6.07, 6.45) is 6.74. The highest BCUT2D eigenvalue weighted by Crippen LogP contribution is 2.15. The van der Waals surface area contributed by atoms with Crippen LogP contribution in [0.15, 0.2) is 40.5 Å². The Morgan fingerprint density at radius 1 is 1.21 bits per heavy atom. The highest BCUT2D eigenvalue weighted by Gasteiger charge is 2.11. The number of ether oxygens (including phenoxy) is 2. The first-order valence-electron chi connectivity index (χ1n) is 6.90. The van der Waals surface area contributed by atoms with Crippen molar-refractivity contribution >= 4 is 22.6 Å². The zero-order chi connectivity index (χ0) is 13.9. The molecule has 0 saturated heterocycles. The third-order valence-electron chi connectivity index (χ3n) is 2.79. The predicted octanol–water partition coefficient (Wildman–Crippen LogP) is 5.33. The smallest absolute Gasteiger partial charge is 0.197 e. The largest absolute Gasteiger partial charge is 0.465 e. The summed E-state index contributed by atoms with van der Waals surface area (Å²) >= 11 is 2.23. The van der Waals surface area contributed by atoms with Gasteiger partial charge in [-0.05, 0) is 35.6 Å². The molecule has 1 rings (SSSR count). The normalized spacial score (nSPS) is 14.5. The Kier molecular flexibility index (Phi) is 8.91. The van der Waals surface area contributed by atoms with Crippen LogP contribution in [0.25, 0.3) is 0 Å². The molecule has 0 fully saturated rings. The van der Waals surface area contributed by atoms with Gasteiger partial charge >= 0.3 is 0 Å². The molecule has 1 aromatic carbocycles. The second-order valence-corrected chi connectivity index (χ2v) is 5.21. The highest BCUT2D eigenvalue weighted by molar-refractivity contribution is 14.1. The molecule has 1 aromatic rings. The second-order valence-electron chi connectivity index (χ2n) is 4.49. The Balaban J connectivity index is 2.40. The lowest BCUT2D eigenvalue weighted by atomic mass is 10.1. The molecule has 0 saturated carbocycles. The molecule has 2 nitrogen and oxygen atoms in total. The van der Waals surface area contributed by atoms with E-state index < -0.39 is 0 Å². The third kappa shape index (κ3) is 7.57. The monoisotopic (exact) mass is 374 g/mol. The molecule has 0 spiro atoms. The Bertz CT molecular complexity index is 351. The first-order valence-corrected chi connectivity index (χ1v) is 8.15. The van der Waals surface area contributed by atoms with Crippen LogP contribution in [0.4, 0.5) is 0 Å². The van der Waals surface area contributed by atoms with E-state index in [0.29, 0.717) is 0 Å². The van der Waals surface area contributed by atoms with Crippen molar-refractivity contribution in [2.75, 3.05) is 0 Å². The van der Waals surface area contributed by atoms with Crippen LogP contribution in [0, 0.1) is 0 Å². The van der Waals surface area contributed by atoms with Crippen LogP contribution in [0.1, 0.15) is 39.5 Å². The van der Waals surface area contributed by atoms with Gasteiger partial charge in [0.05, 0.1) is 6.10 Å². The average molecular weight is 374 g/mol. The maximum Gasteiger partial charge on any atom is 0.197 e. The fraction of sp³-hybridized carbons (Fsp3) is 0.500. The summed E-state index contributed by atoms with van der Waals surface area (Å²) in [4.78, 5) is 0. The number of para-hydroxylation sites is 1. The van der Waals surface area contributed by atoms with Crippen LogP contribution in [-0.4, -0.2) is 12.4 Å². The van der Waals surface area contributed by atoms with E-state index in [-0.39, 0.29) is 12.4 Å². The summed E-state index contributed by atoms with van der Waals surface area (Å²) in [5.74, 6) is 0.848. The maximum absolute atomic E-state index is 5.93. The lowest BCUT2D eigenvalue weighted by Gasteiger charge is -2.21. The van der Waals surface area contributed by atoms with Gasteiger partial charge in [0.2, 0.25) is 0 Å². The van der Waals surface area contributed by atoms with Gasteiger partial charge in [-0.2, -0.15) is 0 Å². The molecule has 0 aliphatic carbocycles. The fourth-order valence-electron chi connectivity index (χ4n) is 1.85. The predicted molar refractivity (Wildman–Crippen MR) is 88.7 cm³/mol. The molecule has 0 heterocycles. The summed E-state index contributed by atoms with van der Waals surface area (Å²) in [6, 6.07) is 9.79. The minimum absolute atomic E-state index is 0.141. The molecule has 0 radical (unpaired) electrons.